The van der Waals surface area contributed by atoms with Crippen molar-refractivity contribution in [2.45, 2.75) is 32.4 Å². The summed E-state index contributed by atoms with van der Waals surface area (Å²) >= 11 is 0. The highest BCUT2D eigenvalue weighted by Crippen LogP contribution is 1.96. The summed E-state index contributed by atoms with van der Waals surface area (Å²) in [6.45, 7) is 1.60. The minimum absolute atomic E-state index is 0.158. The molecule has 17 heavy (non-hydrogen) atoms. The number of carbonyl (C=O) groups is 1. The lowest BCUT2D eigenvalue weighted by molar-refractivity contribution is -0.139. The van der Waals surface area contributed by atoms with Crippen molar-refractivity contribution in [1.29, 1.82) is 0 Å². The van der Waals surface area contributed by atoms with Gasteiger partial charge in [-0.2, -0.15) is 0 Å². The van der Waals surface area contributed by atoms with E-state index in [0.29, 0.717) is 12.0 Å². The normalized spacial score (nSPS) is 12.4. The van der Waals surface area contributed by atoms with Crippen LogP contribution in [0, 0.1) is 0 Å². The molecule has 1 atom stereocenters. The molecule has 0 aliphatic heterocycles. The molecule has 1 aromatic heterocycles. The Labute approximate surface area is 96.3 Å². The first-order chi connectivity index (χ1) is 7.93. The zero-order valence-corrected chi connectivity index (χ0v) is 9.34. The zero-order chi connectivity index (χ0) is 13.0. The summed E-state index contributed by atoms with van der Waals surface area (Å²) in [5.74, 6) is -1.15. The molecule has 0 aromatic carbocycles. The summed E-state index contributed by atoms with van der Waals surface area (Å²) in [5, 5.41) is 17.9. The number of aromatic nitrogens is 2. The summed E-state index contributed by atoms with van der Waals surface area (Å²) in [7, 11) is 0. The molecule has 0 spiro atoms. The quantitative estimate of drug-likeness (QED) is 0.609. The molecule has 1 heterocycles. The van der Waals surface area contributed by atoms with Crippen LogP contribution in [0.25, 0.3) is 0 Å². The van der Waals surface area contributed by atoms with E-state index in [-0.39, 0.29) is 6.54 Å². The molecule has 0 aliphatic rings. The molecular formula is C10H14N2O5. The zero-order valence-electron chi connectivity index (χ0n) is 9.34. The number of rotatable bonds is 5. The lowest BCUT2D eigenvalue weighted by atomic mass is 10.2. The van der Waals surface area contributed by atoms with Crippen LogP contribution in [0.2, 0.25) is 0 Å². The van der Waals surface area contributed by atoms with Crippen LogP contribution in [-0.2, 0) is 17.8 Å². The van der Waals surface area contributed by atoms with Gasteiger partial charge in [-0.3, -0.25) is 19.1 Å². The summed E-state index contributed by atoms with van der Waals surface area (Å²) in [4.78, 5) is 35.1. The van der Waals surface area contributed by atoms with Gasteiger partial charge in [0, 0.05) is 11.8 Å². The predicted molar refractivity (Wildman–Crippen MR) is 59.0 cm³/mol. The van der Waals surface area contributed by atoms with E-state index in [0.717, 1.165) is 4.57 Å². The fourth-order valence-corrected chi connectivity index (χ4v) is 1.44. The van der Waals surface area contributed by atoms with Gasteiger partial charge in [0.25, 0.3) is 5.56 Å². The Morgan fingerprint density at radius 3 is 2.71 bits per heavy atom. The van der Waals surface area contributed by atoms with Gasteiger partial charge in [-0.1, -0.05) is 6.92 Å². The predicted octanol–water partition coefficient (Wildman–Crippen LogP) is -1.07. The fraction of sp³-hybridized carbons (Fsp3) is 0.500. The molecule has 7 nitrogen and oxygen atoms in total. The Bertz CT molecular complexity index is 516. The van der Waals surface area contributed by atoms with Crippen LogP contribution in [0.1, 0.15) is 18.9 Å². The van der Waals surface area contributed by atoms with Crippen LogP contribution in [0.3, 0.4) is 0 Å². The van der Waals surface area contributed by atoms with Crippen LogP contribution >= 0.6 is 0 Å². The number of aromatic amines is 1. The smallest absolute Gasteiger partial charge is 0.328 e. The second kappa shape index (κ2) is 5.44. The third-order valence-corrected chi connectivity index (χ3v) is 2.28. The van der Waals surface area contributed by atoms with Crippen LogP contribution in [0.4, 0.5) is 0 Å². The minimum atomic E-state index is -1.17. The molecule has 0 bridgehead atoms. The molecule has 1 rings (SSSR count). The van der Waals surface area contributed by atoms with Crippen molar-refractivity contribution in [2.75, 3.05) is 0 Å². The number of hydrogen-bond donors (Lipinski definition) is 3. The van der Waals surface area contributed by atoms with Crippen molar-refractivity contribution < 1.29 is 15.0 Å². The van der Waals surface area contributed by atoms with Crippen LogP contribution < -0.4 is 11.2 Å². The number of hydrogen-bond acceptors (Lipinski definition) is 4. The Hall–Kier alpha value is -1.89. The number of carboxylic acid groups (broad SMARTS) is 1. The average Bonchev–Trinajstić information content (AvgIpc) is 2.20. The van der Waals surface area contributed by atoms with Gasteiger partial charge in [0.15, 0.2) is 0 Å². The number of aryl methyl sites for hydroxylation is 1. The third-order valence-electron chi connectivity index (χ3n) is 2.28. The first-order valence-electron chi connectivity index (χ1n) is 5.16. The van der Waals surface area contributed by atoms with E-state index in [1.54, 1.807) is 6.92 Å². The number of nitrogens with one attached hydrogen (secondary N) is 1. The summed E-state index contributed by atoms with van der Waals surface area (Å²) in [5.41, 5.74) is -0.703. The SMILES string of the molecule is CCc1cn(CC(O)CC(=O)O)c(=O)[nH]c1=O. The van der Waals surface area contributed by atoms with E-state index in [1.165, 1.54) is 6.20 Å². The van der Waals surface area contributed by atoms with Crippen LogP contribution in [0.15, 0.2) is 15.8 Å². The van der Waals surface area contributed by atoms with Crippen molar-refractivity contribution >= 4 is 5.97 Å². The van der Waals surface area contributed by atoms with Gasteiger partial charge < -0.3 is 10.2 Å². The molecule has 0 amide bonds. The highest BCUT2D eigenvalue weighted by atomic mass is 16.4. The monoisotopic (exact) mass is 242 g/mol. The van der Waals surface area contributed by atoms with E-state index in [1.807, 2.05) is 0 Å². The highest BCUT2D eigenvalue weighted by Gasteiger charge is 2.12. The number of aliphatic carboxylic acids is 1. The van der Waals surface area contributed by atoms with Gasteiger partial charge in [-0.15, -0.1) is 0 Å². The molecule has 0 fully saturated rings. The Kier molecular flexibility index (Phi) is 4.22. The second-order valence-electron chi connectivity index (χ2n) is 3.67. The highest BCUT2D eigenvalue weighted by molar-refractivity contribution is 5.67. The maximum absolute atomic E-state index is 11.4. The molecule has 0 radical (unpaired) electrons. The molecule has 0 aliphatic carbocycles. The van der Waals surface area contributed by atoms with E-state index >= 15 is 0 Å². The van der Waals surface area contributed by atoms with Gasteiger partial charge in [-0.25, -0.2) is 4.79 Å². The van der Waals surface area contributed by atoms with Crippen molar-refractivity contribution in [1.82, 2.24) is 9.55 Å². The molecule has 1 aromatic rings. The van der Waals surface area contributed by atoms with E-state index in [9.17, 15) is 19.5 Å². The van der Waals surface area contributed by atoms with Crippen molar-refractivity contribution in [2.24, 2.45) is 0 Å². The average molecular weight is 242 g/mol. The first-order valence-corrected chi connectivity index (χ1v) is 5.16. The largest absolute Gasteiger partial charge is 0.481 e. The summed E-state index contributed by atoms with van der Waals surface area (Å²) in [6, 6.07) is 0. The molecule has 94 valence electrons. The van der Waals surface area contributed by atoms with E-state index in [2.05, 4.69) is 4.98 Å². The Balaban J connectivity index is 2.95. The maximum atomic E-state index is 11.4. The lowest BCUT2D eigenvalue weighted by Crippen LogP contribution is -2.34. The van der Waals surface area contributed by atoms with E-state index in [4.69, 9.17) is 5.11 Å². The molecular weight excluding hydrogens is 228 g/mol. The Morgan fingerprint density at radius 2 is 2.18 bits per heavy atom. The van der Waals surface area contributed by atoms with Gasteiger partial charge in [0.1, 0.15) is 0 Å². The lowest BCUT2D eigenvalue weighted by Gasteiger charge is -2.10. The number of carboxylic acids is 1. The van der Waals surface area contributed by atoms with E-state index < -0.39 is 29.7 Å². The van der Waals surface area contributed by atoms with Gasteiger partial charge in [0.05, 0.1) is 19.1 Å². The van der Waals surface area contributed by atoms with Gasteiger partial charge in [-0.05, 0) is 6.42 Å². The van der Waals surface area contributed by atoms with Crippen molar-refractivity contribution in [3.8, 4) is 0 Å². The van der Waals surface area contributed by atoms with Crippen LogP contribution in [0.5, 0.6) is 0 Å². The third kappa shape index (κ3) is 3.56. The number of aliphatic hydroxyl groups excluding tert-OH is 1. The molecule has 1 unspecified atom stereocenters. The molecule has 3 N–H and O–H groups in total. The van der Waals surface area contributed by atoms with Crippen LogP contribution in [-0.4, -0.2) is 31.8 Å². The summed E-state index contributed by atoms with van der Waals surface area (Å²) < 4.78 is 1.10. The number of H-pyrrole nitrogens is 1. The second-order valence-corrected chi connectivity index (χ2v) is 3.67. The Morgan fingerprint density at radius 1 is 1.53 bits per heavy atom. The molecule has 0 saturated carbocycles. The number of aliphatic hydroxyl groups is 1. The molecule has 7 heteroatoms. The minimum Gasteiger partial charge on any atom is -0.481 e. The first kappa shape index (κ1) is 13.2. The number of nitrogens with zero attached hydrogens (tertiary/aromatic N) is 1. The van der Waals surface area contributed by atoms with Crippen molar-refractivity contribution in [3.63, 3.8) is 0 Å². The van der Waals surface area contributed by atoms with Crippen molar-refractivity contribution in [3.05, 3.63) is 32.6 Å². The standard InChI is InChI=1S/C10H14N2O5/c1-2-6-4-12(10(17)11-9(6)16)5-7(13)3-8(14)15/h4,7,13H,2-3,5H2,1H3,(H,14,15)(H,11,16,17). The topological polar surface area (TPSA) is 112 Å². The summed E-state index contributed by atoms with van der Waals surface area (Å²) in [6.07, 6.45) is 0.171. The van der Waals surface area contributed by atoms with Gasteiger partial charge >= 0.3 is 11.7 Å². The maximum Gasteiger partial charge on any atom is 0.328 e. The molecule has 0 saturated heterocycles. The fourth-order valence-electron chi connectivity index (χ4n) is 1.44. The van der Waals surface area contributed by atoms with Gasteiger partial charge in [0.2, 0.25) is 0 Å².